The summed E-state index contributed by atoms with van der Waals surface area (Å²) in [5, 5.41) is 1.05. The van der Waals surface area contributed by atoms with Crippen molar-refractivity contribution in [3.8, 4) is 0 Å². The number of para-hydroxylation sites is 1. The van der Waals surface area contributed by atoms with Crippen molar-refractivity contribution in [1.82, 2.24) is 4.57 Å². The van der Waals surface area contributed by atoms with Crippen LogP contribution in [0.3, 0.4) is 0 Å². The summed E-state index contributed by atoms with van der Waals surface area (Å²) in [5.74, 6) is 0. The second-order valence-corrected chi connectivity index (χ2v) is 4.01. The Bertz CT molecular complexity index is 584. The Kier molecular flexibility index (Phi) is 2.66. The first-order chi connectivity index (χ1) is 8.34. The Morgan fingerprint density at radius 3 is 2.71 bits per heavy atom. The van der Waals surface area contributed by atoms with Gasteiger partial charge in [0.1, 0.15) is 0 Å². The average Bonchev–Trinajstić information content (AvgIpc) is 2.86. The number of hydrogen-bond acceptors (Lipinski definition) is 3. The molecular formula is C13H13NO3. The maximum Gasteiger partial charge on any atom is 0.251 e. The van der Waals surface area contributed by atoms with E-state index < -0.39 is 0 Å². The van der Waals surface area contributed by atoms with Crippen molar-refractivity contribution < 1.29 is 9.47 Å². The highest BCUT2D eigenvalue weighted by atomic mass is 16.7. The van der Waals surface area contributed by atoms with Gasteiger partial charge in [-0.1, -0.05) is 18.2 Å². The summed E-state index contributed by atoms with van der Waals surface area (Å²) in [4.78, 5) is 11.9. The van der Waals surface area contributed by atoms with Gasteiger partial charge in [0.15, 0.2) is 6.29 Å². The minimum absolute atomic E-state index is 0.0252. The minimum atomic E-state index is -0.307. The third-order valence-electron chi connectivity index (χ3n) is 2.92. The predicted molar refractivity (Wildman–Crippen MR) is 63.9 cm³/mol. The first-order valence-electron chi connectivity index (χ1n) is 5.66. The topological polar surface area (TPSA) is 40.5 Å². The van der Waals surface area contributed by atoms with Gasteiger partial charge < -0.3 is 14.0 Å². The SMILES string of the molecule is O=c1ccc2ccccc2n1CC1OCCO1. The molecular weight excluding hydrogens is 218 g/mol. The molecule has 1 aliphatic heterocycles. The standard InChI is InChI=1S/C13H13NO3/c15-12-6-5-10-3-1-2-4-11(10)14(12)9-13-16-7-8-17-13/h1-6,13H,7-9H2. The fraction of sp³-hybridized carbons (Fsp3) is 0.308. The van der Waals surface area contributed by atoms with Crippen LogP contribution in [0.4, 0.5) is 0 Å². The number of nitrogens with zero attached hydrogens (tertiary/aromatic N) is 1. The van der Waals surface area contributed by atoms with Gasteiger partial charge >= 0.3 is 0 Å². The number of benzene rings is 1. The van der Waals surface area contributed by atoms with Crippen LogP contribution in [0.25, 0.3) is 10.9 Å². The van der Waals surface area contributed by atoms with E-state index in [0.717, 1.165) is 10.9 Å². The number of ether oxygens (including phenoxy) is 2. The number of hydrogen-bond donors (Lipinski definition) is 0. The van der Waals surface area contributed by atoms with Crippen molar-refractivity contribution in [2.24, 2.45) is 0 Å². The monoisotopic (exact) mass is 231 g/mol. The normalized spacial score (nSPS) is 16.7. The summed E-state index contributed by atoms with van der Waals surface area (Å²) in [7, 11) is 0. The highest BCUT2D eigenvalue weighted by Gasteiger charge is 2.17. The van der Waals surface area contributed by atoms with Crippen LogP contribution < -0.4 is 5.56 Å². The minimum Gasteiger partial charge on any atom is -0.348 e. The van der Waals surface area contributed by atoms with Crippen LogP contribution in [-0.2, 0) is 16.0 Å². The van der Waals surface area contributed by atoms with Crippen LogP contribution >= 0.6 is 0 Å². The highest BCUT2D eigenvalue weighted by Crippen LogP contribution is 2.13. The van der Waals surface area contributed by atoms with Crippen molar-refractivity contribution in [3.05, 3.63) is 46.8 Å². The van der Waals surface area contributed by atoms with Crippen molar-refractivity contribution >= 4 is 10.9 Å². The zero-order chi connectivity index (χ0) is 11.7. The molecule has 0 bridgehead atoms. The lowest BCUT2D eigenvalue weighted by Crippen LogP contribution is -2.26. The summed E-state index contributed by atoms with van der Waals surface area (Å²) in [6.45, 7) is 1.65. The van der Waals surface area contributed by atoms with Crippen LogP contribution in [0, 0.1) is 0 Å². The molecule has 2 aromatic rings. The Morgan fingerprint density at radius 1 is 1.12 bits per heavy atom. The molecule has 1 aromatic carbocycles. The van der Waals surface area contributed by atoms with Crippen molar-refractivity contribution in [2.75, 3.05) is 13.2 Å². The molecule has 0 spiro atoms. The van der Waals surface area contributed by atoms with Gasteiger partial charge in [-0.05, 0) is 17.5 Å². The van der Waals surface area contributed by atoms with Gasteiger partial charge in [0.2, 0.25) is 0 Å². The van der Waals surface area contributed by atoms with E-state index in [2.05, 4.69) is 0 Å². The van der Waals surface area contributed by atoms with Crippen molar-refractivity contribution in [2.45, 2.75) is 12.8 Å². The summed E-state index contributed by atoms with van der Waals surface area (Å²) in [5.41, 5.74) is 0.891. The van der Waals surface area contributed by atoms with Gasteiger partial charge in [-0.15, -0.1) is 0 Å². The molecule has 0 radical (unpaired) electrons. The Morgan fingerprint density at radius 2 is 1.88 bits per heavy atom. The molecule has 0 saturated carbocycles. The smallest absolute Gasteiger partial charge is 0.251 e. The van der Waals surface area contributed by atoms with Gasteiger partial charge in [0.25, 0.3) is 5.56 Å². The zero-order valence-corrected chi connectivity index (χ0v) is 9.33. The van der Waals surface area contributed by atoms with E-state index in [1.165, 1.54) is 0 Å². The predicted octanol–water partition coefficient (Wildman–Crippen LogP) is 1.37. The highest BCUT2D eigenvalue weighted by molar-refractivity contribution is 5.78. The molecule has 0 atom stereocenters. The van der Waals surface area contributed by atoms with Gasteiger partial charge in [0.05, 0.1) is 25.3 Å². The van der Waals surface area contributed by atoms with Crippen LogP contribution in [0.5, 0.6) is 0 Å². The molecule has 0 amide bonds. The summed E-state index contributed by atoms with van der Waals surface area (Å²) in [6, 6.07) is 11.2. The molecule has 1 fully saturated rings. The second-order valence-electron chi connectivity index (χ2n) is 4.01. The summed E-state index contributed by atoms with van der Waals surface area (Å²) >= 11 is 0. The largest absolute Gasteiger partial charge is 0.348 e. The van der Waals surface area contributed by atoms with E-state index in [0.29, 0.717) is 19.8 Å². The number of rotatable bonds is 2. The van der Waals surface area contributed by atoms with E-state index in [1.54, 1.807) is 10.6 Å². The molecule has 2 heterocycles. The lowest BCUT2D eigenvalue weighted by atomic mass is 10.2. The third-order valence-corrected chi connectivity index (χ3v) is 2.92. The van der Waals surface area contributed by atoms with Crippen LogP contribution in [0.1, 0.15) is 0 Å². The van der Waals surface area contributed by atoms with E-state index in [9.17, 15) is 4.79 Å². The van der Waals surface area contributed by atoms with Gasteiger partial charge in [-0.25, -0.2) is 0 Å². The maximum atomic E-state index is 11.9. The van der Waals surface area contributed by atoms with Crippen molar-refractivity contribution in [3.63, 3.8) is 0 Å². The lowest BCUT2D eigenvalue weighted by molar-refractivity contribution is -0.0522. The van der Waals surface area contributed by atoms with E-state index >= 15 is 0 Å². The molecule has 0 aliphatic carbocycles. The lowest BCUT2D eigenvalue weighted by Gasteiger charge is -2.13. The number of pyridine rings is 1. The van der Waals surface area contributed by atoms with Crippen LogP contribution in [-0.4, -0.2) is 24.1 Å². The fourth-order valence-corrected chi connectivity index (χ4v) is 2.09. The molecule has 4 nitrogen and oxygen atoms in total. The molecule has 4 heteroatoms. The molecule has 0 N–H and O–H groups in total. The quantitative estimate of drug-likeness (QED) is 0.783. The Labute approximate surface area is 98.4 Å². The van der Waals surface area contributed by atoms with E-state index in [1.807, 2.05) is 30.3 Å². The van der Waals surface area contributed by atoms with Crippen LogP contribution in [0.15, 0.2) is 41.2 Å². The molecule has 88 valence electrons. The summed E-state index contributed by atoms with van der Waals surface area (Å²) < 4.78 is 12.5. The first-order valence-corrected chi connectivity index (χ1v) is 5.66. The van der Waals surface area contributed by atoms with Gasteiger partial charge in [0, 0.05) is 6.07 Å². The second kappa shape index (κ2) is 4.31. The Balaban J connectivity index is 2.06. The molecule has 17 heavy (non-hydrogen) atoms. The maximum absolute atomic E-state index is 11.9. The number of aromatic nitrogens is 1. The zero-order valence-electron chi connectivity index (χ0n) is 9.33. The molecule has 1 aliphatic rings. The van der Waals surface area contributed by atoms with Crippen molar-refractivity contribution in [1.29, 1.82) is 0 Å². The molecule has 1 aromatic heterocycles. The molecule has 0 unspecified atom stereocenters. The molecule has 3 rings (SSSR count). The summed E-state index contributed by atoms with van der Waals surface area (Å²) in [6.07, 6.45) is -0.307. The fourth-order valence-electron chi connectivity index (χ4n) is 2.09. The Hall–Kier alpha value is -1.65. The molecule has 1 saturated heterocycles. The van der Waals surface area contributed by atoms with E-state index in [-0.39, 0.29) is 11.8 Å². The first kappa shape index (κ1) is 10.5. The average molecular weight is 231 g/mol. The van der Waals surface area contributed by atoms with E-state index in [4.69, 9.17) is 9.47 Å². The number of fused-ring (bicyclic) bond motifs is 1. The van der Waals surface area contributed by atoms with Gasteiger partial charge in [-0.3, -0.25) is 4.79 Å². The van der Waals surface area contributed by atoms with Crippen LogP contribution in [0.2, 0.25) is 0 Å². The van der Waals surface area contributed by atoms with Gasteiger partial charge in [-0.2, -0.15) is 0 Å². The third kappa shape index (κ3) is 1.97.